The molecule has 4 aromatic rings. The molecule has 1 fully saturated rings. The molecule has 0 radical (unpaired) electrons. The van der Waals surface area contributed by atoms with Gasteiger partial charge in [0.15, 0.2) is 9.84 Å². The lowest BCUT2D eigenvalue weighted by Crippen LogP contribution is -2.18. The van der Waals surface area contributed by atoms with E-state index in [0.29, 0.717) is 34.4 Å². The number of carbonyl (C=O) groups excluding carboxylic acids is 1. The standard InChI is InChI=1S/C25H29N3O2S2.C7H6N2O4.2C2H6/c1-18(26-16-19-9-5-3-6-10-19)28-21-13-14-22(24(15-21)32(2,29)30)23-17-27-25(31-23)20-11-7-4-8-12-20;8-7(10)13-6-3-1-5(2-4-6)9(11)12;2*1-2/h3,5-6,9-10,13-15,17,20,26,28H,1,4,7-8,11-12,16H2,2H3;1-4H,(H2,8,10);2*1-2H3. The van der Waals surface area contributed by atoms with Crippen LogP contribution in [0.15, 0.2) is 96.3 Å². The van der Waals surface area contributed by atoms with E-state index >= 15 is 0 Å². The molecular formula is C36H47N5O6S2. The van der Waals surface area contributed by atoms with Crippen molar-refractivity contribution >= 4 is 38.6 Å². The minimum atomic E-state index is -3.42. The van der Waals surface area contributed by atoms with Gasteiger partial charge >= 0.3 is 6.09 Å². The summed E-state index contributed by atoms with van der Waals surface area (Å²) in [6.45, 7) is 12.6. The summed E-state index contributed by atoms with van der Waals surface area (Å²) in [5.41, 5.74) is 7.18. The van der Waals surface area contributed by atoms with Crippen molar-refractivity contribution in [3.63, 3.8) is 0 Å². The predicted molar refractivity (Wildman–Crippen MR) is 199 cm³/mol. The van der Waals surface area contributed by atoms with Crippen LogP contribution in [0.5, 0.6) is 5.75 Å². The van der Waals surface area contributed by atoms with Crippen LogP contribution in [0.1, 0.15) is 76.3 Å². The van der Waals surface area contributed by atoms with Gasteiger partial charge in [-0.3, -0.25) is 10.1 Å². The van der Waals surface area contributed by atoms with Crippen LogP contribution in [0.3, 0.4) is 0 Å². The van der Waals surface area contributed by atoms with Gasteiger partial charge in [0.05, 0.1) is 25.5 Å². The number of nitrogens with one attached hydrogen (secondary N) is 2. The number of hydrogen-bond acceptors (Lipinski definition) is 10. The second kappa shape index (κ2) is 20.6. The fourth-order valence-electron chi connectivity index (χ4n) is 4.84. The van der Waals surface area contributed by atoms with E-state index < -0.39 is 20.9 Å². The number of sulfone groups is 1. The fourth-order valence-corrected chi connectivity index (χ4v) is 6.95. The van der Waals surface area contributed by atoms with Crippen LogP contribution in [0.4, 0.5) is 16.2 Å². The number of nitrogens with zero attached hydrogens (tertiary/aromatic N) is 2. The number of nitrogens with two attached hydrogens (primary N) is 1. The number of rotatable bonds is 10. The molecule has 264 valence electrons. The van der Waals surface area contributed by atoms with Crippen molar-refractivity contribution in [2.45, 2.75) is 77.2 Å². The van der Waals surface area contributed by atoms with Crippen LogP contribution >= 0.6 is 11.3 Å². The van der Waals surface area contributed by atoms with Gasteiger partial charge in [-0.05, 0) is 42.7 Å². The quantitative estimate of drug-likeness (QED) is 0.108. The molecule has 1 aromatic heterocycles. The molecule has 11 nitrogen and oxygen atoms in total. The lowest BCUT2D eigenvalue weighted by molar-refractivity contribution is -0.384. The lowest BCUT2D eigenvalue weighted by Gasteiger charge is -2.18. The van der Waals surface area contributed by atoms with Crippen molar-refractivity contribution in [1.82, 2.24) is 10.3 Å². The summed E-state index contributed by atoms with van der Waals surface area (Å²) in [5, 5.41) is 17.7. The maximum absolute atomic E-state index is 12.6. The summed E-state index contributed by atoms with van der Waals surface area (Å²) >= 11 is 1.62. The molecule has 0 bridgehead atoms. The number of hydrogen-bond donors (Lipinski definition) is 3. The monoisotopic (exact) mass is 709 g/mol. The zero-order valence-electron chi connectivity index (χ0n) is 28.8. The highest BCUT2D eigenvalue weighted by Crippen LogP contribution is 2.39. The first-order valence-electron chi connectivity index (χ1n) is 16.3. The molecule has 1 aliphatic carbocycles. The van der Waals surface area contributed by atoms with Gasteiger partial charge in [0, 0.05) is 48.3 Å². The number of carbonyl (C=O) groups is 1. The largest absolute Gasteiger partial charge is 0.410 e. The molecule has 0 saturated heterocycles. The summed E-state index contributed by atoms with van der Waals surface area (Å²) in [6, 6.07) is 20.5. The Morgan fingerprint density at radius 2 is 1.65 bits per heavy atom. The van der Waals surface area contributed by atoms with Crippen LogP contribution in [-0.4, -0.2) is 30.7 Å². The molecule has 0 unspecified atom stereocenters. The molecule has 13 heteroatoms. The number of aromatic nitrogens is 1. The van der Waals surface area contributed by atoms with Crippen LogP contribution in [0.2, 0.25) is 0 Å². The molecule has 0 spiro atoms. The minimum Gasteiger partial charge on any atom is -0.410 e. The van der Waals surface area contributed by atoms with Gasteiger partial charge in [0.2, 0.25) is 0 Å². The van der Waals surface area contributed by atoms with E-state index in [0.717, 1.165) is 15.4 Å². The number of primary amides is 1. The smallest absolute Gasteiger partial charge is 0.409 e. The number of amides is 1. The number of nitro groups is 1. The topological polar surface area (TPSA) is 167 Å². The molecule has 49 heavy (non-hydrogen) atoms. The zero-order chi connectivity index (χ0) is 36.4. The molecule has 1 heterocycles. The van der Waals surface area contributed by atoms with Crippen molar-refractivity contribution in [2.75, 3.05) is 11.6 Å². The van der Waals surface area contributed by atoms with E-state index in [1.807, 2.05) is 76.4 Å². The summed E-state index contributed by atoms with van der Waals surface area (Å²) in [4.78, 5) is 25.8. The van der Waals surface area contributed by atoms with Gasteiger partial charge in [-0.25, -0.2) is 18.2 Å². The first kappa shape index (κ1) is 40.4. The van der Waals surface area contributed by atoms with E-state index in [-0.39, 0.29) is 11.4 Å². The van der Waals surface area contributed by atoms with E-state index in [1.165, 1.54) is 62.6 Å². The minimum absolute atomic E-state index is 0.0724. The van der Waals surface area contributed by atoms with E-state index in [4.69, 9.17) is 5.73 Å². The Kier molecular flexibility index (Phi) is 17.0. The first-order valence-corrected chi connectivity index (χ1v) is 19.0. The van der Waals surface area contributed by atoms with Gasteiger partial charge in [-0.15, -0.1) is 11.3 Å². The van der Waals surface area contributed by atoms with Crippen LogP contribution < -0.4 is 21.1 Å². The number of ether oxygens (including phenoxy) is 1. The average molecular weight is 710 g/mol. The van der Waals surface area contributed by atoms with Crippen molar-refractivity contribution in [1.29, 1.82) is 0 Å². The van der Waals surface area contributed by atoms with Gasteiger partial charge in [0.25, 0.3) is 5.69 Å². The highest BCUT2D eigenvalue weighted by molar-refractivity contribution is 7.90. The van der Waals surface area contributed by atoms with Crippen molar-refractivity contribution in [3.05, 3.63) is 112 Å². The average Bonchev–Trinajstić information content (AvgIpc) is 3.60. The lowest BCUT2D eigenvalue weighted by atomic mass is 9.90. The fraction of sp³-hybridized carbons (Fsp3) is 0.333. The highest BCUT2D eigenvalue weighted by atomic mass is 32.2. The number of thiazole rings is 1. The number of non-ortho nitro benzene ring substituents is 1. The maximum atomic E-state index is 12.6. The Bertz CT molecular complexity index is 1740. The van der Waals surface area contributed by atoms with E-state index in [1.54, 1.807) is 17.4 Å². The third kappa shape index (κ3) is 13.3. The van der Waals surface area contributed by atoms with Crippen molar-refractivity contribution < 1.29 is 22.9 Å². The maximum Gasteiger partial charge on any atom is 0.409 e. The Labute approximate surface area is 293 Å². The van der Waals surface area contributed by atoms with Gasteiger partial charge in [-0.2, -0.15) is 0 Å². The molecule has 1 aliphatic rings. The normalized spacial score (nSPS) is 12.3. The summed E-state index contributed by atoms with van der Waals surface area (Å²) < 4.78 is 29.7. The molecule has 1 amide bonds. The Morgan fingerprint density at radius 1 is 1.02 bits per heavy atom. The van der Waals surface area contributed by atoms with Crippen molar-refractivity contribution in [2.24, 2.45) is 5.73 Å². The molecule has 1 saturated carbocycles. The second-order valence-electron chi connectivity index (χ2n) is 10.5. The van der Waals surface area contributed by atoms with Gasteiger partial charge in [-0.1, -0.05) is 89.9 Å². The Hall–Kier alpha value is -4.75. The van der Waals surface area contributed by atoms with E-state index in [2.05, 4.69) is 26.9 Å². The summed E-state index contributed by atoms with van der Waals surface area (Å²) in [5.74, 6) is 1.29. The third-order valence-corrected chi connectivity index (χ3v) is 9.36. The molecule has 3 aromatic carbocycles. The van der Waals surface area contributed by atoms with Crippen LogP contribution in [0.25, 0.3) is 10.4 Å². The second-order valence-corrected chi connectivity index (χ2v) is 13.5. The number of nitro benzene ring substituents is 1. The summed E-state index contributed by atoms with van der Waals surface area (Å²) in [7, 11) is -3.42. The number of anilines is 1. The summed E-state index contributed by atoms with van der Waals surface area (Å²) in [6.07, 6.45) is 8.27. The zero-order valence-corrected chi connectivity index (χ0v) is 30.4. The van der Waals surface area contributed by atoms with Crippen LogP contribution in [-0.2, 0) is 16.4 Å². The molecular weight excluding hydrogens is 663 g/mol. The Balaban J connectivity index is 0.000000410. The van der Waals surface area contributed by atoms with E-state index in [9.17, 15) is 23.3 Å². The van der Waals surface area contributed by atoms with Gasteiger partial charge < -0.3 is 21.1 Å². The first-order chi connectivity index (χ1) is 23.5. The van der Waals surface area contributed by atoms with Crippen LogP contribution in [0, 0.1) is 10.1 Å². The van der Waals surface area contributed by atoms with Crippen molar-refractivity contribution in [3.8, 4) is 16.2 Å². The molecule has 4 N–H and O–H groups in total. The highest BCUT2D eigenvalue weighted by Gasteiger charge is 2.22. The molecule has 0 aliphatic heterocycles. The SMILES string of the molecule is C=C(NCc1ccccc1)Nc1ccc(-c2cnc(C3CCCCC3)s2)c(S(C)(=O)=O)c1.CC.CC.NC(=O)Oc1ccc([N+](=O)[O-])cc1. The number of benzene rings is 3. The molecule has 5 rings (SSSR count). The van der Waals surface area contributed by atoms with Gasteiger partial charge in [0.1, 0.15) is 5.75 Å². The Morgan fingerprint density at radius 3 is 2.22 bits per heavy atom. The predicted octanol–water partition coefficient (Wildman–Crippen LogP) is 9.04. The third-order valence-electron chi connectivity index (χ3n) is 7.03. The molecule has 0 atom stereocenters.